The third kappa shape index (κ3) is 1.15. The zero-order valence-electron chi connectivity index (χ0n) is 6.10. The Kier molecular flexibility index (Phi) is 1.63. The number of hydrogen-bond acceptors (Lipinski definition) is 1. The minimum Gasteiger partial charge on any atom is -0.143 e. The lowest BCUT2D eigenvalue weighted by Crippen LogP contribution is -1.66. The normalized spacial score (nSPS) is 10.7. The quantitative estimate of drug-likeness (QED) is 0.581. The molecule has 1 heterocycles. The van der Waals surface area contributed by atoms with Crippen LogP contribution in [0.3, 0.4) is 0 Å². The average molecular weight is 183 g/mol. The summed E-state index contributed by atoms with van der Waals surface area (Å²) in [5.74, 6) is 0. The van der Waals surface area contributed by atoms with E-state index >= 15 is 0 Å². The molecule has 2 heteroatoms. The summed E-state index contributed by atoms with van der Waals surface area (Å²) in [6, 6.07) is 6.02. The van der Waals surface area contributed by atoms with Gasteiger partial charge in [0.05, 0.1) is 0 Å². The Morgan fingerprint density at radius 1 is 1.36 bits per heavy atom. The van der Waals surface area contributed by atoms with Crippen molar-refractivity contribution in [1.29, 1.82) is 0 Å². The van der Waals surface area contributed by atoms with Crippen molar-refractivity contribution in [1.82, 2.24) is 0 Å². The first-order valence-corrected chi connectivity index (χ1v) is 4.66. The lowest BCUT2D eigenvalue weighted by Gasteiger charge is -1.90. The van der Waals surface area contributed by atoms with E-state index in [-0.39, 0.29) is 0 Å². The highest BCUT2D eigenvalue weighted by molar-refractivity contribution is 7.17. The van der Waals surface area contributed by atoms with Gasteiger partial charge in [0.15, 0.2) is 0 Å². The maximum absolute atomic E-state index is 5.83. The molecule has 0 nitrogen and oxygen atoms in total. The van der Waals surface area contributed by atoms with E-state index in [0.29, 0.717) is 0 Å². The highest BCUT2D eigenvalue weighted by Gasteiger charge is 1.98. The van der Waals surface area contributed by atoms with Crippen LogP contribution < -0.4 is 0 Å². The van der Waals surface area contributed by atoms with Crippen molar-refractivity contribution in [2.24, 2.45) is 0 Å². The molecule has 2 aromatic rings. The molecule has 0 fully saturated rings. The van der Waals surface area contributed by atoms with E-state index in [9.17, 15) is 0 Å². The Balaban J connectivity index is 2.86. The molecular formula is C9H7ClS. The fourth-order valence-electron chi connectivity index (χ4n) is 1.13. The molecule has 0 saturated heterocycles. The molecule has 0 amide bonds. The fourth-order valence-corrected chi connectivity index (χ4v) is 2.35. The molecule has 0 aliphatic heterocycles. The van der Waals surface area contributed by atoms with Crippen LogP contribution in [0, 0.1) is 6.92 Å². The van der Waals surface area contributed by atoms with Gasteiger partial charge >= 0.3 is 0 Å². The minimum absolute atomic E-state index is 0.819. The van der Waals surface area contributed by atoms with Crippen molar-refractivity contribution < 1.29 is 0 Å². The molecule has 56 valence electrons. The van der Waals surface area contributed by atoms with Gasteiger partial charge in [-0.15, -0.1) is 11.3 Å². The van der Waals surface area contributed by atoms with Gasteiger partial charge in [-0.2, -0.15) is 0 Å². The van der Waals surface area contributed by atoms with Gasteiger partial charge in [0.1, 0.15) is 0 Å². The first-order valence-electron chi connectivity index (χ1n) is 3.41. The summed E-state index contributed by atoms with van der Waals surface area (Å²) >= 11 is 7.58. The lowest BCUT2D eigenvalue weighted by molar-refractivity contribution is 1.60. The van der Waals surface area contributed by atoms with Crippen LogP contribution >= 0.6 is 22.9 Å². The van der Waals surface area contributed by atoms with Crippen molar-refractivity contribution in [2.45, 2.75) is 6.92 Å². The number of aryl methyl sites for hydroxylation is 1. The molecule has 0 aliphatic rings. The second-order valence-electron chi connectivity index (χ2n) is 2.56. The standard InChI is InChI=1S/C9H7ClS/c1-6-5-11-9-4-7(10)2-3-8(6)9/h2-5H,1H3. The highest BCUT2D eigenvalue weighted by Crippen LogP contribution is 2.27. The van der Waals surface area contributed by atoms with Gasteiger partial charge in [-0.05, 0) is 35.4 Å². The predicted molar refractivity (Wildman–Crippen MR) is 51.6 cm³/mol. The van der Waals surface area contributed by atoms with Crippen LogP contribution in [0.5, 0.6) is 0 Å². The molecule has 0 radical (unpaired) electrons. The molecule has 0 N–H and O–H groups in total. The summed E-state index contributed by atoms with van der Waals surface area (Å²) in [6.07, 6.45) is 0. The number of hydrogen-bond donors (Lipinski definition) is 0. The molecule has 11 heavy (non-hydrogen) atoms. The molecule has 0 saturated carbocycles. The van der Waals surface area contributed by atoms with Crippen LogP contribution in [0.4, 0.5) is 0 Å². The Hall–Kier alpha value is -0.530. The summed E-state index contributed by atoms with van der Waals surface area (Å²) in [4.78, 5) is 0. The van der Waals surface area contributed by atoms with E-state index in [0.717, 1.165) is 5.02 Å². The van der Waals surface area contributed by atoms with Crippen LogP contribution in [-0.2, 0) is 0 Å². The van der Waals surface area contributed by atoms with Crippen LogP contribution in [-0.4, -0.2) is 0 Å². The monoisotopic (exact) mass is 182 g/mol. The van der Waals surface area contributed by atoms with Gasteiger partial charge in [0, 0.05) is 9.72 Å². The first-order chi connectivity index (χ1) is 5.27. The second kappa shape index (κ2) is 2.50. The number of thiophene rings is 1. The number of benzene rings is 1. The van der Waals surface area contributed by atoms with E-state index < -0.39 is 0 Å². The van der Waals surface area contributed by atoms with Gasteiger partial charge in [-0.25, -0.2) is 0 Å². The van der Waals surface area contributed by atoms with Crippen LogP contribution in [0.1, 0.15) is 5.56 Å². The van der Waals surface area contributed by atoms with E-state index in [1.807, 2.05) is 12.1 Å². The Labute approximate surface area is 74.4 Å². The summed E-state index contributed by atoms with van der Waals surface area (Å²) in [5.41, 5.74) is 1.33. The third-order valence-corrected chi connectivity index (χ3v) is 3.03. The molecule has 0 spiro atoms. The van der Waals surface area contributed by atoms with Crippen LogP contribution in [0.25, 0.3) is 10.1 Å². The molecule has 0 atom stereocenters. The van der Waals surface area contributed by atoms with Crippen molar-refractivity contribution in [3.8, 4) is 0 Å². The summed E-state index contributed by atoms with van der Waals surface area (Å²) in [5, 5.41) is 4.29. The third-order valence-electron chi connectivity index (χ3n) is 1.73. The Bertz CT molecular complexity index is 389. The molecular weight excluding hydrogens is 176 g/mol. The van der Waals surface area contributed by atoms with Crippen molar-refractivity contribution in [3.63, 3.8) is 0 Å². The van der Waals surface area contributed by atoms with Crippen molar-refractivity contribution in [3.05, 3.63) is 34.2 Å². The number of rotatable bonds is 0. The molecule has 0 unspecified atom stereocenters. The largest absolute Gasteiger partial charge is 0.143 e. The van der Waals surface area contributed by atoms with E-state index in [4.69, 9.17) is 11.6 Å². The van der Waals surface area contributed by atoms with E-state index in [1.54, 1.807) is 11.3 Å². The van der Waals surface area contributed by atoms with Crippen molar-refractivity contribution >= 4 is 33.0 Å². The second-order valence-corrected chi connectivity index (χ2v) is 3.91. The van der Waals surface area contributed by atoms with Gasteiger partial charge in [-0.3, -0.25) is 0 Å². The lowest BCUT2D eigenvalue weighted by atomic mass is 10.2. The van der Waals surface area contributed by atoms with Crippen LogP contribution in [0.2, 0.25) is 5.02 Å². The molecule has 1 aromatic carbocycles. The van der Waals surface area contributed by atoms with Crippen LogP contribution in [0.15, 0.2) is 23.6 Å². The first kappa shape index (κ1) is 7.14. The maximum atomic E-state index is 5.83. The van der Waals surface area contributed by atoms with Gasteiger partial charge in [0.25, 0.3) is 0 Å². The summed E-state index contributed by atoms with van der Waals surface area (Å²) < 4.78 is 1.27. The van der Waals surface area contributed by atoms with E-state index in [2.05, 4.69) is 18.4 Å². The van der Waals surface area contributed by atoms with Gasteiger partial charge in [0.2, 0.25) is 0 Å². The number of fused-ring (bicyclic) bond motifs is 1. The molecule has 1 aromatic heterocycles. The smallest absolute Gasteiger partial charge is 0.0420 e. The number of halogens is 1. The molecule has 0 aliphatic carbocycles. The topological polar surface area (TPSA) is 0 Å². The highest BCUT2D eigenvalue weighted by atomic mass is 35.5. The van der Waals surface area contributed by atoms with Gasteiger partial charge < -0.3 is 0 Å². The van der Waals surface area contributed by atoms with Gasteiger partial charge in [-0.1, -0.05) is 17.7 Å². The maximum Gasteiger partial charge on any atom is 0.0420 e. The summed E-state index contributed by atoms with van der Waals surface area (Å²) in [6.45, 7) is 2.12. The van der Waals surface area contributed by atoms with Crippen molar-refractivity contribution in [2.75, 3.05) is 0 Å². The fraction of sp³-hybridized carbons (Fsp3) is 0.111. The predicted octanol–water partition coefficient (Wildman–Crippen LogP) is 3.86. The summed E-state index contributed by atoms with van der Waals surface area (Å²) in [7, 11) is 0. The SMILES string of the molecule is Cc1csc2cc(Cl)ccc12. The van der Waals surface area contributed by atoms with E-state index in [1.165, 1.54) is 15.6 Å². The zero-order valence-corrected chi connectivity index (χ0v) is 7.67. The molecule has 2 rings (SSSR count). The Morgan fingerprint density at radius 3 is 3.00 bits per heavy atom. The average Bonchev–Trinajstić information content (AvgIpc) is 2.32. The minimum atomic E-state index is 0.819. The molecule has 0 bridgehead atoms. The Morgan fingerprint density at radius 2 is 2.18 bits per heavy atom. The zero-order chi connectivity index (χ0) is 7.84.